The second-order valence-electron chi connectivity index (χ2n) is 4.87. The van der Waals surface area contributed by atoms with Crippen molar-refractivity contribution < 1.29 is 4.79 Å². The molecular formula is C12H18BrN3O. The number of hydrogen-bond acceptors (Lipinski definition) is 2. The fraction of sp³-hybridized carbons (Fsp3) is 0.667. The van der Waals surface area contributed by atoms with E-state index in [2.05, 4.69) is 26.3 Å². The Morgan fingerprint density at radius 2 is 2.24 bits per heavy atom. The van der Waals surface area contributed by atoms with E-state index in [-0.39, 0.29) is 11.4 Å². The van der Waals surface area contributed by atoms with Crippen LogP contribution in [0, 0.1) is 6.92 Å². The van der Waals surface area contributed by atoms with Crippen molar-refractivity contribution >= 4 is 21.8 Å². The van der Waals surface area contributed by atoms with Gasteiger partial charge in [-0.3, -0.25) is 9.48 Å². The lowest BCUT2D eigenvalue weighted by molar-refractivity contribution is 0.0900. The highest BCUT2D eigenvalue weighted by atomic mass is 79.9. The Bertz CT molecular complexity index is 421. The number of rotatable bonds is 3. The van der Waals surface area contributed by atoms with Gasteiger partial charge in [0.05, 0.1) is 11.2 Å². The van der Waals surface area contributed by atoms with Gasteiger partial charge < -0.3 is 5.32 Å². The number of carbonyl (C=O) groups excluding carboxylic acids is 1. The molecule has 2 rings (SSSR count). The second kappa shape index (κ2) is 4.80. The summed E-state index contributed by atoms with van der Waals surface area (Å²) in [7, 11) is 1.80. The third-order valence-electron chi connectivity index (χ3n) is 3.43. The molecule has 1 aromatic rings. The van der Waals surface area contributed by atoms with Crippen LogP contribution in [0.25, 0.3) is 0 Å². The Hall–Kier alpha value is -0.840. The highest BCUT2D eigenvalue weighted by Gasteiger charge is 2.34. The SMILES string of the molecule is Cc1cc(C(=O)NC2(CBr)CCCC2)n(C)n1. The first-order valence-corrected chi connectivity index (χ1v) is 7.08. The lowest BCUT2D eigenvalue weighted by Gasteiger charge is -2.27. The Labute approximate surface area is 110 Å². The number of nitrogens with one attached hydrogen (secondary N) is 1. The van der Waals surface area contributed by atoms with Gasteiger partial charge in [0.15, 0.2) is 0 Å². The largest absolute Gasteiger partial charge is 0.344 e. The number of carbonyl (C=O) groups is 1. The molecule has 4 nitrogen and oxygen atoms in total. The number of alkyl halides is 1. The summed E-state index contributed by atoms with van der Waals surface area (Å²) >= 11 is 3.52. The van der Waals surface area contributed by atoms with E-state index in [1.807, 2.05) is 13.0 Å². The molecule has 5 heteroatoms. The zero-order valence-electron chi connectivity index (χ0n) is 10.3. The molecule has 1 heterocycles. The summed E-state index contributed by atoms with van der Waals surface area (Å²) in [5, 5.41) is 8.19. The minimum Gasteiger partial charge on any atom is -0.344 e. The number of aromatic nitrogens is 2. The van der Waals surface area contributed by atoms with Crippen LogP contribution in [0.2, 0.25) is 0 Å². The first-order valence-electron chi connectivity index (χ1n) is 5.95. The van der Waals surface area contributed by atoms with E-state index in [0.29, 0.717) is 5.69 Å². The molecule has 1 aliphatic rings. The van der Waals surface area contributed by atoms with Crippen molar-refractivity contribution in [2.24, 2.45) is 7.05 Å². The van der Waals surface area contributed by atoms with Crippen molar-refractivity contribution in [3.63, 3.8) is 0 Å². The van der Waals surface area contributed by atoms with Crippen LogP contribution in [0.15, 0.2) is 6.07 Å². The predicted molar refractivity (Wildman–Crippen MR) is 70.4 cm³/mol. The van der Waals surface area contributed by atoms with Crippen LogP contribution in [0.5, 0.6) is 0 Å². The Morgan fingerprint density at radius 3 is 2.71 bits per heavy atom. The van der Waals surface area contributed by atoms with Crippen molar-refractivity contribution in [2.45, 2.75) is 38.1 Å². The van der Waals surface area contributed by atoms with Crippen LogP contribution in [0.4, 0.5) is 0 Å². The van der Waals surface area contributed by atoms with Gasteiger partial charge in [0, 0.05) is 12.4 Å². The lowest BCUT2D eigenvalue weighted by Crippen LogP contribution is -2.48. The summed E-state index contributed by atoms with van der Waals surface area (Å²) in [5.41, 5.74) is 1.45. The molecule has 0 bridgehead atoms. The molecule has 0 atom stereocenters. The van der Waals surface area contributed by atoms with Gasteiger partial charge in [-0.1, -0.05) is 28.8 Å². The molecule has 17 heavy (non-hydrogen) atoms. The van der Waals surface area contributed by atoms with Crippen LogP contribution in [-0.4, -0.2) is 26.6 Å². The third kappa shape index (κ3) is 2.54. The van der Waals surface area contributed by atoms with Crippen molar-refractivity contribution in [1.82, 2.24) is 15.1 Å². The van der Waals surface area contributed by atoms with E-state index in [4.69, 9.17) is 0 Å². The van der Waals surface area contributed by atoms with Crippen molar-refractivity contribution in [3.8, 4) is 0 Å². The molecule has 0 aliphatic heterocycles. The summed E-state index contributed by atoms with van der Waals surface area (Å²) < 4.78 is 1.64. The summed E-state index contributed by atoms with van der Waals surface area (Å²) in [6.07, 6.45) is 4.49. The standard InChI is InChI=1S/C12H18BrN3O/c1-9-7-10(16(2)15-9)11(17)14-12(8-13)5-3-4-6-12/h7H,3-6,8H2,1-2H3,(H,14,17). The van der Waals surface area contributed by atoms with E-state index in [1.54, 1.807) is 11.7 Å². The van der Waals surface area contributed by atoms with Crippen molar-refractivity contribution in [2.75, 3.05) is 5.33 Å². The van der Waals surface area contributed by atoms with Gasteiger partial charge in [0.1, 0.15) is 5.69 Å². The molecule has 1 aliphatic carbocycles. The molecule has 1 amide bonds. The smallest absolute Gasteiger partial charge is 0.270 e. The number of halogens is 1. The molecule has 0 saturated heterocycles. The van der Waals surface area contributed by atoms with E-state index in [1.165, 1.54) is 12.8 Å². The molecule has 0 spiro atoms. The average molecular weight is 300 g/mol. The van der Waals surface area contributed by atoms with E-state index in [0.717, 1.165) is 23.9 Å². The molecule has 0 aromatic carbocycles. The van der Waals surface area contributed by atoms with Gasteiger partial charge in [0.25, 0.3) is 5.91 Å². The highest BCUT2D eigenvalue weighted by molar-refractivity contribution is 9.09. The van der Waals surface area contributed by atoms with Gasteiger partial charge >= 0.3 is 0 Å². The first kappa shape index (κ1) is 12.6. The Kier molecular flexibility index (Phi) is 3.56. The minimum atomic E-state index is -0.0603. The number of nitrogens with zero attached hydrogens (tertiary/aromatic N) is 2. The molecule has 0 unspecified atom stereocenters. The molecule has 1 fully saturated rings. The van der Waals surface area contributed by atoms with Crippen LogP contribution in [-0.2, 0) is 7.05 Å². The zero-order chi connectivity index (χ0) is 12.5. The van der Waals surface area contributed by atoms with Crippen LogP contribution < -0.4 is 5.32 Å². The molecule has 0 radical (unpaired) electrons. The van der Waals surface area contributed by atoms with Gasteiger partial charge in [-0.25, -0.2) is 0 Å². The fourth-order valence-electron chi connectivity index (χ4n) is 2.47. The second-order valence-corrected chi connectivity index (χ2v) is 5.43. The summed E-state index contributed by atoms with van der Waals surface area (Å²) in [5.74, 6) is -0.0190. The quantitative estimate of drug-likeness (QED) is 0.870. The lowest BCUT2D eigenvalue weighted by atomic mass is 10.0. The van der Waals surface area contributed by atoms with Crippen LogP contribution in [0.1, 0.15) is 41.9 Å². The van der Waals surface area contributed by atoms with Gasteiger partial charge in [0.2, 0.25) is 0 Å². The van der Waals surface area contributed by atoms with E-state index >= 15 is 0 Å². The topological polar surface area (TPSA) is 46.9 Å². The average Bonchev–Trinajstić information content (AvgIpc) is 2.86. The fourth-order valence-corrected chi connectivity index (χ4v) is 3.17. The Morgan fingerprint density at radius 1 is 1.59 bits per heavy atom. The predicted octanol–water partition coefficient (Wildman–Crippen LogP) is 2.17. The number of hydrogen-bond donors (Lipinski definition) is 1. The zero-order valence-corrected chi connectivity index (χ0v) is 11.9. The van der Waals surface area contributed by atoms with Crippen molar-refractivity contribution in [1.29, 1.82) is 0 Å². The summed E-state index contributed by atoms with van der Waals surface area (Å²) in [6.45, 7) is 1.90. The molecule has 1 N–H and O–H groups in total. The van der Waals surface area contributed by atoms with Gasteiger partial charge in [-0.2, -0.15) is 5.10 Å². The first-order chi connectivity index (χ1) is 8.06. The van der Waals surface area contributed by atoms with E-state index < -0.39 is 0 Å². The van der Waals surface area contributed by atoms with E-state index in [9.17, 15) is 4.79 Å². The monoisotopic (exact) mass is 299 g/mol. The normalized spacial score (nSPS) is 18.3. The van der Waals surface area contributed by atoms with Gasteiger partial charge in [-0.15, -0.1) is 0 Å². The number of amides is 1. The molecule has 1 saturated carbocycles. The maximum atomic E-state index is 12.2. The number of aryl methyl sites for hydroxylation is 2. The summed E-state index contributed by atoms with van der Waals surface area (Å²) in [6, 6.07) is 1.83. The minimum absolute atomic E-state index is 0.0190. The van der Waals surface area contributed by atoms with Crippen LogP contribution in [0.3, 0.4) is 0 Å². The van der Waals surface area contributed by atoms with Crippen molar-refractivity contribution in [3.05, 3.63) is 17.5 Å². The van der Waals surface area contributed by atoms with Gasteiger partial charge in [-0.05, 0) is 25.8 Å². The third-order valence-corrected chi connectivity index (χ3v) is 4.50. The molecule has 1 aromatic heterocycles. The Balaban J connectivity index is 2.13. The molecular weight excluding hydrogens is 282 g/mol. The summed E-state index contributed by atoms with van der Waals surface area (Å²) in [4.78, 5) is 12.2. The van der Waals surface area contributed by atoms with Crippen LogP contribution >= 0.6 is 15.9 Å². The maximum absolute atomic E-state index is 12.2. The molecule has 94 valence electrons. The maximum Gasteiger partial charge on any atom is 0.270 e. The highest BCUT2D eigenvalue weighted by Crippen LogP contribution is 2.31.